The van der Waals surface area contributed by atoms with Gasteiger partial charge >= 0.3 is 6.18 Å². The van der Waals surface area contributed by atoms with Crippen LogP contribution in [0.25, 0.3) is 0 Å². The molecular formula is C14H14F3N3O. The zero-order valence-corrected chi connectivity index (χ0v) is 11.5. The molecule has 1 heterocycles. The van der Waals surface area contributed by atoms with Crippen LogP contribution in [-0.2, 0) is 6.18 Å². The molecule has 21 heavy (non-hydrogen) atoms. The summed E-state index contributed by atoms with van der Waals surface area (Å²) in [6, 6.07) is 6.04. The Morgan fingerprint density at radius 3 is 2.38 bits per heavy atom. The number of hydrogen-bond donors (Lipinski definition) is 1. The van der Waals surface area contributed by atoms with Gasteiger partial charge in [-0.3, -0.25) is 0 Å². The number of ether oxygens (including phenoxy) is 1. The van der Waals surface area contributed by atoms with Crippen molar-refractivity contribution in [3.8, 4) is 11.6 Å². The Hall–Kier alpha value is -2.31. The Morgan fingerprint density at radius 1 is 1.14 bits per heavy atom. The second kappa shape index (κ2) is 5.99. The Kier molecular flexibility index (Phi) is 4.30. The first-order valence-electron chi connectivity index (χ1n) is 6.33. The van der Waals surface area contributed by atoms with Crippen LogP contribution in [0.1, 0.15) is 18.3 Å². The predicted octanol–water partition coefficient (Wildman–Crippen LogP) is 4.03. The Balaban J connectivity index is 2.18. The fourth-order valence-electron chi connectivity index (χ4n) is 1.70. The topological polar surface area (TPSA) is 47.0 Å². The van der Waals surface area contributed by atoms with Crippen molar-refractivity contribution in [3.63, 3.8) is 0 Å². The summed E-state index contributed by atoms with van der Waals surface area (Å²) in [4.78, 5) is 8.25. The van der Waals surface area contributed by atoms with Crippen LogP contribution in [0.5, 0.6) is 11.6 Å². The lowest BCUT2D eigenvalue weighted by molar-refractivity contribution is -0.137. The van der Waals surface area contributed by atoms with Gasteiger partial charge in [0.1, 0.15) is 17.4 Å². The van der Waals surface area contributed by atoms with Gasteiger partial charge in [-0.1, -0.05) is 0 Å². The average molecular weight is 297 g/mol. The van der Waals surface area contributed by atoms with Crippen molar-refractivity contribution >= 4 is 5.82 Å². The number of aromatic nitrogens is 2. The summed E-state index contributed by atoms with van der Waals surface area (Å²) in [6.07, 6.45) is -4.36. The third-order valence-corrected chi connectivity index (χ3v) is 2.58. The standard InChI is InChI=1S/C14H14F3N3O/c1-3-18-12-8-13(20-9(2)19-12)21-11-6-4-10(5-7-11)14(15,16)17/h4-8H,3H2,1-2H3,(H,18,19,20). The molecular weight excluding hydrogens is 283 g/mol. The second-order valence-corrected chi connectivity index (χ2v) is 4.29. The number of alkyl halides is 3. The second-order valence-electron chi connectivity index (χ2n) is 4.29. The van der Waals surface area contributed by atoms with Gasteiger partial charge in [-0.2, -0.15) is 18.2 Å². The summed E-state index contributed by atoms with van der Waals surface area (Å²) >= 11 is 0. The van der Waals surface area contributed by atoms with E-state index in [2.05, 4.69) is 15.3 Å². The molecule has 0 aliphatic carbocycles. The first-order valence-corrected chi connectivity index (χ1v) is 6.33. The first-order chi connectivity index (χ1) is 9.88. The number of aryl methyl sites for hydroxylation is 1. The predicted molar refractivity (Wildman–Crippen MR) is 72.5 cm³/mol. The van der Waals surface area contributed by atoms with Gasteiger partial charge < -0.3 is 10.1 Å². The number of benzene rings is 1. The van der Waals surface area contributed by atoms with Gasteiger partial charge in [-0.05, 0) is 38.1 Å². The SMILES string of the molecule is CCNc1cc(Oc2ccc(C(F)(F)F)cc2)nc(C)n1. The van der Waals surface area contributed by atoms with Gasteiger partial charge in [0.25, 0.3) is 0 Å². The lowest BCUT2D eigenvalue weighted by Crippen LogP contribution is -2.04. The van der Waals surface area contributed by atoms with Gasteiger partial charge in [0.05, 0.1) is 5.56 Å². The lowest BCUT2D eigenvalue weighted by Gasteiger charge is -2.10. The summed E-state index contributed by atoms with van der Waals surface area (Å²) in [5.74, 6) is 1.67. The minimum Gasteiger partial charge on any atom is -0.439 e. The van der Waals surface area contributed by atoms with Crippen molar-refractivity contribution in [2.75, 3.05) is 11.9 Å². The number of rotatable bonds is 4. The Morgan fingerprint density at radius 2 is 1.81 bits per heavy atom. The van der Waals surface area contributed by atoms with E-state index in [1.165, 1.54) is 12.1 Å². The fraction of sp³-hybridized carbons (Fsp3) is 0.286. The van der Waals surface area contributed by atoms with Crippen molar-refractivity contribution in [2.45, 2.75) is 20.0 Å². The molecule has 1 aromatic carbocycles. The van der Waals surface area contributed by atoms with Crippen molar-refractivity contribution in [2.24, 2.45) is 0 Å². The van der Waals surface area contributed by atoms with Crippen LogP contribution >= 0.6 is 0 Å². The molecule has 112 valence electrons. The molecule has 0 aliphatic rings. The fourth-order valence-corrected chi connectivity index (χ4v) is 1.70. The van der Waals surface area contributed by atoms with Crippen LogP contribution in [0.3, 0.4) is 0 Å². The number of nitrogens with one attached hydrogen (secondary N) is 1. The largest absolute Gasteiger partial charge is 0.439 e. The summed E-state index contributed by atoms with van der Waals surface area (Å²) in [7, 11) is 0. The molecule has 1 aromatic heterocycles. The van der Waals surface area contributed by atoms with Crippen LogP contribution in [0.15, 0.2) is 30.3 Å². The zero-order valence-electron chi connectivity index (χ0n) is 11.5. The normalized spacial score (nSPS) is 11.3. The summed E-state index contributed by atoms with van der Waals surface area (Å²) < 4.78 is 42.9. The van der Waals surface area contributed by atoms with Crippen molar-refractivity contribution in [1.29, 1.82) is 0 Å². The smallest absolute Gasteiger partial charge is 0.416 e. The van der Waals surface area contributed by atoms with Gasteiger partial charge in [-0.15, -0.1) is 0 Å². The number of anilines is 1. The van der Waals surface area contributed by atoms with Crippen LogP contribution in [0, 0.1) is 6.92 Å². The molecule has 0 radical (unpaired) electrons. The minimum absolute atomic E-state index is 0.276. The molecule has 0 saturated heterocycles. The Bertz CT molecular complexity index is 612. The summed E-state index contributed by atoms with van der Waals surface area (Å²) in [6.45, 7) is 4.32. The molecule has 1 N–H and O–H groups in total. The van der Waals surface area contributed by atoms with E-state index in [-0.39, 0.29) is 11.6 Å². The maximum atomic E-state index is 12.5. The van der Waals surface area contributed by atoms with E-state index in [9.17, 15) is 13.2 Å². The lowest BCUT2D eigenvalue weighted by atomic mass is 10.2. The van der Waals surface area contributed by atoms with Crippen LogP contribution in [-0.4, -0.2) is 16.5 Å². The molecule has 0 bridgehead atoms. The molecule has 4 nitrogen and oxygen atoms in total. The monoisotopic (exact) mass is 297 g/mol. The molecule has 2 aromatic rings. The summed E-state index contributed by atoms with van der Waals surface area (Å²) in [5, 5.41) is 3.02. The highest BCUT2D eigenvalue weighted by Gasteiger charge is 2.30. The Labute approximate surface area is 120 Å². The highest BCUT2D eigenvalue weighted by Crippen LogP contribution is 2.31. The van der Waals surface area contributed by atoms with Crippen molar-refractivity contribution in [1.82, 2.24) is 9.97 Å². The van der Waals surface area contributed by atoms with E-state index >= 15 is 0 Å². The first kappa shape index (κ1) is 15.1. The molecule has 0 saturated carbocycles. The van der Waals surface area contributed by atoms with E-state index < -0.39 is 11.7 Å². The average Bonchev–Trinajstić information content (AvgIpc) is 2.38. The third kappa shape index (κ3) is 4.08. The molecule has 0 unspecified atom stereocenters. The van der Waals surface area contributed by atoms with E-state index in [1.54, 1.807) is 13.0 Å². The molecule has 0 fully saturated rings. The number of hydrogen-bond acceptors (Lipinski definition) is 4. The number of nitrogens with zero attached hydrogens (tertiary/aromatic N) is 2. The van der Waals surface area contributed by atoms with Crippen molar-refractivity contribution < 1.29 is 17.9 Å². The molecule has 0 amide bonds. The van der Waals surface area contributed by atoms with Crippen LogP contribution in [0.4, 0.5) is 19.0 Å². The quantitative estimate of drug-likeness (QED) is 0.925. The molecule has 0 spiro atoms. The van der Waals surface area contributed by atoms with Gasteiger partial charge in [0.15, 0.2) is 0 Å². The summed E-state index contributed by atoms with van der Waals surface area (Å²) in [5.41, 5.74) is -0.720. The highest BCUT2D eigenvalue weighted by atomic mass is 19.4. The van der Waals surface area contributed by atoms with Gasteiger partial charge in [0, 0.05) is 12.6 Å². The molecule has 0 aliphatic heterocycles. The highest BCUT2D eigenvalue weighted by molar-refractivity contribution is 5.40. The van der Waals surface area contributed by atoms with Crippen LogP contribution < -0.4 is 10.1 Å². The molecule has 7 heteroatoms. The minimum atomic E-state index is -4.36. The zero-order chi connectivity index (χ0) is 15.5. The van der Waals surface area contributed by atoms with Gasteiger partial charge in [-0.25, -0.2) is 4.98 Å². The number of halogens is 3. The van der Waals surface area contributed by atoms with Crippen molar-refractivity contribution in [3.05, 3.63) is 41.7 Å². The third-order valence-electron chi connectivity index (χ3n) is 2.58. The molecule has 2 rings (SSSR count). The molecule has 0 atom stereocenters. The maximum Gasteiger partial charge on any atom is 0.416 e. The van der Waals surface area contributed by atoms with Crippen LogP contribution in [0.2, 0.25) is 0 Å². The van der Waals surface area contributed by atoms with E-state index in [0.717, 1.165) is 12.1 Å². The van der Waals surface area contributed by atoms with Gasteiger partial charge in [0.2, 0.25) is 5.88 Å². The van der Waals surface area contributed by atoms with E-state index in [0.29, 0.717) is 18.2 Å². The van der Waals surface area contributed by atoms with E-state index in [1.807, 2.05) is 6.92 Å². The van der Waals surface area contributed by atoms with E-state index in [4.69, 9.17) is 4.74 Å². The maximum absolute atomic E-state index is 12.5.